The van der Waals surface area contributed by atoms with Crippen molar-refractivity contribution in [1.29, 1.82) is 0 Å². The first-order valence-electron chi connectivity index (χ1n) is 6.09. The minimum absolute atomic E-state index is 0.198. The lowest BCUT2D eigenvalue weighted by Crippen LogP contribution is -2.42. The molecule has 2 N–H and O–H groups in total. The van der Waals surface area contributed by atoms with E-state index in [0.717, 1.165) is 5.56 Å². The van der Waals surface area contributed by atoms with Crippen LogP contribution in [0.1, 0.15) is 27.8 Å². The molecule has 1 aliphatic rings. The number of nitrogens with zero attached hydrogens (tertiary/aromatic N) is 2. The molecule has 1 unspecified atom stereocenters. The quantitative estimate of drug-likeness (QED) is 0.844. The monoisotopic (exact) mass is 292 g/mol. The van der Waals surface area contributed by atoms with Gasteiger partial charge in [-0.3, -0.25) is 9.80 Å². The van der Waals surface area contributed by atoms with Crippen molar-refractivity contribution in [2.24, 2.45) is 0 Å². The summed E-state index contributed by atoms with van der Waals surface area (Å²) in [6.45, 7) is 1.73. The van der Waals surface area contributed by atoms with E-state index in [1.807, 2.05) is 18.2 Å². The van der Waals surface area contributed by atoms with Gasteiger partial charge in [0, 0.05) is 12.1 Å². The molecular weight excluding hydrogens is 280 g/mol. The summed E-state index contributed by atoms with van der Waals surface area (Å²) in [6, 6.07) is 7.36. The van der Waals surface area contributed by atoms with E-state index in [0.29, 0.717) is 22.2 Å². The topological polar surface area (TPSA) is 70.4 Å². The number of carbonyl (C=O) groups is 1. The van der Waals surface area contributed by atoms with Gasteiger partial charge in [-0.2, -0.15) is 0 Å². The second-order valence-electron chi connectivity index (χ2n) is 4.60. The summed E-state index contributed by atoms with van der Waals surface area (Å²) in [6.07, 6.45) is -0.337. The molecule has 0 saturated carbocycles. The van der Waals surface area contributed by atoms with Gasteiger partial charge >= 0.3 is 0 Å². The fraction of sp³-hybridized carbons (Fsp3) is 0.231. The molecule has 2 aromatic rings. The molecule has 3 rings (SSSR count). The number of aryl methyl sites for hydroxylation is 1. The maximum absolute atomic E-state index is 12.3. The maximum atomic E-state index is 12.3. The minimum Gasteiger partial charge on any atom is -0.338 e. The summed E-state index contributed by atoms with van der Waals surface area (Å²) < 4.78 is 5.19. The molecule has 6 nitrogen and oxygen atoms in total. The lowest BCUT2D eigenvalue weighted by molar-refractivity contribution is 0.0702. The second-order valence-corrected chi connectivity index (χ2v) is 5.03. The van der Waals surface area contributed by atoms with E-state index in [2.05, 4.69) is 15.9 Å². The fourth-order valence-electron chi connectivity index (χ4n) is 2.15. The fourth-order valence-corrected chi connectivity index (χ4v) is 2.35. The van der Waals surface area contributed by atoms with Crippen molar-refractivity contribution in [2.75, 3.05) is 12.4 Å². The molecule has 0 spiro atoms. The number of hydrogen-bond donors (Lipinski definition) is 2. The van der Waals surface area contributed by atoms with Crippen molar-refractivity contribution in [3.63, 3.8) is 0 Å². The summed E-state index contributed by atoms with van der Waals surface area (Å²) in [5, 5.41) is 8.99. The third-order valence-corrected chi connectivity index (χ3v) is 3.40. The highest BCUT2D eigenvalue weighted by Crippen LogP contribution is 2.28. The van der Waals surface area contributed by atoms with Crippen LogP contribution in [-0.4, -0.2) is 23.1 Å². The Bertz CT molecular complexity index is 670. The van der Waals surface area contributed by atoms with Crippen molar-refractivity contribution < 1.29 is 9.32 Å². The number of carbonyl (C=O) groups excluding carboxylic acids is 1. The molecule has 0 fully saturated rings. The lowest BCUT2D eigenvalue weighted by atomic mass is 10.2. The first-order valence-corrected chi connectivity index (χ1v) is 6.46. The maximum Gasteiger partial charge on any atom is 0.275 e. The van der Waals surface area contributed by atoms with Crippen LogP contribution >= 0.6 is 11.6 Å². The van der Waals surface area contributed by atoms with Crippen molar-refractivity contribution in [3.05, 3.63) is 46.1 Å². The predicted octanol–water partition coefficient (Wildman–Crippen LogP) is 2.34. The normalized spacial score (nSPS) is 18.4. The van der Waals surface area contributed by atoms with Crippen LogP contribution in [0.25, 0.3) is 0 Å². The highest BCUT2D eigenvalue weighted by molar-refractivity contribution is 6.30. The van der Waals surface area contributed by atoms with Crippen LogP contribution in [-0.2, 0) is 0 Å². The van der Waals surface area contributed by atoms with E-state index in [1.54, 1.807) is 20.0 Å². The molecule has 104 valence electrons. The Kier molecular flexibility index (Phi) is 3.11. The molecule has 2 heterocycles. The first kappa shape index (κ1) is 13.0. The number of fused-ring (bicyclic) bond motifs is 1. The Morgan fingerprint density at radius 1 is 1.45 bits per heavy atom. The van der Waals surface area contributed by atoms with Crippen molar-refractivity contribution in [2.45, 2.75) is 13.1 Å². The van der Waals surface area contributed by atoms with Gasteiger partial charge in [-0.15, -0.1) is 0 Å². The number of aromatic nitrogens is 1. The van der Waals surface area contributed by atoms with Gasteiger partial charge in [0.25, 0.3) is 5.91 Å². The smallest absolute Gasteiger partial charge is 0.275 e. The Hall–Kier alpha value is -2.05. The van der Waals surface area contributed by atoms with Gasteiger partial charge in [0.15, 0.2) is 0 Å². The van der Waals surface area contributed by atoms with Gasteiger partial charge in [0.2, 0.25) is 5.88 Å². The number of nitrogens with one attached hydrogen (secondary N) is 2. The van der Waals surface area contributed by atoms with Gasteiger partial charge in [0.1, 0.15) is 11.7 Å². The zero-order valence-electron chi connectivity index (χ0n) is 11.0. The molecule has 1 amide bonds. The highest BCUT2D eigenvalue weighted by atomic mass is 35.5. The summed E-state index contributed by atoms with van der Waals surface area (Å²) in [7, 11) is 1.66. The van der Waals surface area contributed by atoms with Gasteiger partial charge in [-0.25, -0.2) is 5.43 Å². The molecule has 0 bridgehead atoms. The molecular formula is C13H13ClN4O2. The van der Waals surface area contributed by atoms with E-state index in [9.17, 15) is 4.79 Å². The molecule has 0 saturated heterocycles. The van der Waals surface area contributed by atoms with Crippen molar-refractivity contribution >= 4 is 23.4 Å². The van der Waals surface area contributed by atoms with Gasteiger partial charge in [-0.1, -0.05) is 28.9 Å². The van der Waals surface area contributed by atoms with Crippen LogP contribution in [0.4, 0.5) is 5.88 Å². The molecule has 0 aliphatic carbocycles. The summed E-state index contributed by atoms with van der Waals surface area (Å²) in [5.41, 5.74) is 4.93. The average Bonchev–Trinajstić information content (AvgIpc) is 2.71. The number of halogens is 1. The van der Waals surface area contributed by atoms with Crippen molar-refractivity contribution in [3.8, 4) is 0 Å². The third-order valence-electron chi connectivity index (χ3n) is 3.16. The Balaban J connectivity index is 2.02. The van der Waals surface area contributed by atoms with Crippen LogP contribution < -0.4 is 10.7 Å². The number of hydrogen-bond acceptors (Lipinski definition) is 5. The largest absolute Gasteiger partial charge is 0.338 e. The van der Waals surface area contributed by atoms with E-state index in [1.165, 1.54) is 5.01 Å². The summed E-state index contributed by atoms with van der Waals surface area (Å²) >= 11 is 6.00. The third kappa shape index (κ3) is 2.13. The zero-order chi connectivity index (χ0) is 14.3. The minimum atomic E-state index is -0.337. The second kappa shape index (κ2) is 4.81. The average molecular weight is 293 g/mol. The van der Waals surface area contributed by atoms with Crippen LogP contribution in [0.3, 0.4) is 0 Å². The summed E-state index contributed by atoms with van der Waals surface area (Å²) in [5.74, 6) is 0.158. The molecule has 20 heavy (non-hydrogen) atoms. The van der Waals surface area contributed by atoms with Gasteiger partial charge < -0.3 is 9.84 Å². The molecule has 1 atom stereocenters. The molecule has 0 radical (unpaired) electrons. The molecule has 1 aromatic heterocycles. The molecule has 1 aliphatic heterocycles. The van der Waals surface area contributed by atoms with Gasteiger partial charge in [0.05, 0.1) is 5.69 Å². The SMILES string of the molecule is Cc1noc2c1C(=O)N(C)NC(c1cccc(Cl)c1)N2. The van der Waals surface area contributed by atoms with Crippen LogP contribution in [0.15, 0.2) is 28.8 Å². The Labute approximate surface area is 120 Å². The first-order chi connectivity index (χ1) is 9.56. The van der Waals surface area contributed by atoms with Gasteiger partial charge in [-0.05, 0) is 24.6 Å². The number of hydrazine groups is 1. The zero-order valence-corrected chi connectivity index (χ0v) is 11.7. The van der Waals surface area contributed by atoms with E-state index < -0.39 is 0 Å². The Morgan fingerprint density at radius 3 is 3.00 bits per heavy atom. The lowest BCUT2D eigenvalue weighted by Gasteiger charge is -2.23. The van der Waals surface area contributed by atoms with Crippen molar-refractivity contribution in [1.82, 2.24) is 15.6 Å². The van der Waals surface area contributed by atoms with E-state index in [-0.39, 0.29) is 12.1 Å². The molecule has 7 heteroatoms. The molecule has 1 aromatic carbocycles. The van der Waals surface area contributed by atoms with E-state index in [4.69, 9.17) is 16.1 Å². The number of benzene rings is 1. The number of rotatable bonds is 1. The van der Waals surface area contributed by atoms with E-state index >= 15 is 0 Å². The number of anilines is 1. The van der Waals surface area contributed by atoms with Crippen LogP contribution in [0.5, 0.6) is 0 Å². The predicted molar refractivity (Wildman–Crippen MR) is 74.3 cm³/mol. The number of amides is 1. The Morgan fingerprint density at radius 2 is 2.25 bits per heavy atom. The summed E-state index contributed by atoms with van der Waals surface area (Å²) in [4.78, 5) is 12.3. The van der Waals surface area contributed by atoms with Crippen LogP contribution in [0.2, 0.25) is 5.02 Å². The highest BCUT2D eigenvalue weighted by Gasteiger charge is 2.30. The van der Waals surface area contributed by atoms with Crippen LogP contribution in [0, 0.1) is 6.92 Å². The standard InChI is InChI=1S/C13H13ClN4O2/c1-7-10-12(20-17-7)15-11(16-18(2)13(10)19)8-4-3-5-9(14)6-8/h3-6,11,15-16H,1-2H3.